The first kappa shape index (κ1) is 14.0. The van der Waals surface area contributed by atoms with Gasteiger partial charge >= 0.3 is 0 Å². The second-order valence-electron chi connectivity index (χ2n) is 4.66. The topological polar surface area (TPSA) is 48.4 Å². The molecule has 1 heterocycles. The summed E-state index contributed by atoms with van der Waals surface area (Å²) in [7, 11) is 0. The monoisotopic (exact) mass is 279 g/mol. The molecule has 0 saturated heterocycles. The summed E-state index contributed by atoms with van der Waals surface area (Å²) in [5.74, 6) is 2.34. The molecule has 1 aromatic carbocycles. The molecule has 2 aromatic rings. The van der Waals surface area contributed by atoms with Crippen LogP contribution in [-0.2, 0) is 0 Å². The molecular formula is C15H18ClNO2. The van der Waals surface area contributed by atoms with E-state index < -0.39 is 0 Å². The minimum absolute atomic E-state index is 0.284. The van der Waals surface area contributed by atoms with E-state index in [1.54, 1.807) is 0 Å². The molecule has 0 bridgehead atoms. The minimum atomic E-state index is -0.284. The molecule has 0 aliphatic heterocycles. The summed E-state index contributed by atoms with van der Waals surface area (Å²) in [6.45, 7) is 6.16. The van der Waals surface area contributed by atoms with Gasteiger partial charge in [0.15, 0.2) is 6.10 Å². The Morgan fingerprint density at radius 2 is 1.84 bits per heavy atom. The fraction of sp³-hybridized carbons (Fsp3) is 0.333. The molecule has 0 amide bonds. The predicted octanol–water partition coefficient (Wildman–Crippen LogP) is 3.94. The fourth-order valence-electron chi connectivity index (χ4n) is 1.99. The molecule has 0 aliphatic carbocycles. The second-order valence-corrected chi connectivity index (χ2v) is 5.04. The molecule has 1 aromatic heterocycles. The second kappa shape index (κ2) is 5.68. The number of hydrogen-bond donors (Lipinski definition) is 1. The minimum Gasteiger partial charge on any atom is -0.481 e. The van der Waals surface area contributed by atoms with E-state index in [1.807, 2.05) is 45.0 Å². The lowest BCUT2D eigenvalue weighted by Crippen LogP contribution is -2.18. The number of ether oxygens (including phenoxy) is 1. The van der Waals surface area contributed by atoms with Gasteiger partial charge in [-0.15, -0.1) is 0 Å². The first-order valence-corrected chi connectivity index (χ1v) is 6.59. The Bertz CT molecular complexity index is 554. The van der Waals surface area contributed by atoms with Gasteiger partial charge in [-0.3, -0.25) is 0 Å². The number of furan rings is 1. The Morgan fingerprint density at radius 1 is 1.21 bits per heavy atom. The van der Waals surface area contributed by atoms with Gasteiger partial charge in [0, 0.05) is 11.6 Å². The number of nitrogens with two attached hydrogens (primary N) is 1. The van der Waals surface area contributed by atoms with Crippen LogP contribution < -0.4 is 10.5 Å². The van der Waals surface area contributed by atoms with Crippen LogP contribution in [0.5, 0.6) is 5.75 Å². The Morgan fingerprint density at radius 3 is 2.32 bits per heavy atom. The molecule has 2 N–H and O–H groups in total. The highest BCUT2D eigenvalue weighted by Gasteiger charge is 2.16. The van der Waals surface area contributed by atoms with Gasteiger partial charge in [0.1, 0.15) is 17.3 Å². The van der Waals surface area contributed by atoms with Gasteiger partial charge < -0.3 is 14.9 Å². The van der Waals surface area contributed by atoms with Crippen LogP contribution in [0.3, 0.4) is 0 Å². The quantitative estimate of drug-likeness (QED) is 0.922. The average Bonchev–Trinajstić information content (AvgIpc) is 2.79. The molecule has 0 aliphatic rings. The summed E-state index contributed by atoms with van der Waals surface area (Å²) >= 11 is 6.14. The van der Waals surface area contributed by atoms with Crippen molar-refractivity contribution in [2.45, 2.75) is 26.9 Å². The third-order valence-electron chi connectivity index (χ3n) is 2.98. The Labute approximate surface area is 118 Å². The maximum atomic E-state index is 6.14. The van der Waals surface area contributed by atoms with Crippen molar-refractivity contribution in [1.82, 2.24) is 0 Å². The highest BCUT2D eigenvalue weighted by atomic mass is 35.5. The first-order chi connectivity index (χ1) is 9.01. The fourth-order valence-corrected chi connectivity index (χ4v) is 2.10. The van der Waals surface area contributed by atoms with Crippen molar-refractivity contribution in [2.24, 2.45) is 5.73 Å². The number of hydrogen-bond acceptors (Lipinski definition) is 3. The molecule has 4 heteroatoms. The smallest absolute Gasteiger partial charge is 0.168 e. The van der Waals surface area contributed by atoms with Gasteiger partial charge in [0.25, 0.3) is 0 Å². The normalized spacial score (nSPS) is 12.5. The number of halogens is 1. The summed E-state index contributed by atoms with van der Waals surface area (Å²) in [4.78, 5) is 0. The number of aryl methyl sites for hydroxylation is 3. The molecule has 0 radical (unpaired) electrons. The van der Waals surface area contributed by atoms with Gasteiger partial charge in [-0.2, -0.15) is 0 Å². The maximum absolute atomic E-state index is 6.14. The SMILES string of the molecule is Cc1ccc(C(CN)Oc2cc(C)c(Cl)c(C)c2)o1. The van der Waals surface area contributed by atoms with Crippen LogP contribution in [0.15, 0.2) is 28.7 Å². The molecule has 1 atom stereocenters. The van der Waals surface area contributed by atoms with E-state index >= 15 is 0 Å². The van der Waals surface area contributed by atoms with E-state index in [2.05, 4.69) is 0 Å². The lowest BCUT2D eigenvalue weighted by molar-refractivity contribution is 0.182. The van der Waals surface area contributed by atoms with Gasteiger partial charge in [-0.1, -0.05) is 11.6 Å². The Hall–Kier alpha value is -1.45. The van der Waals surface area contributed by atoms with Crippen LogP contribution >= 0.6 is 11.6 Å². The standard InChI is InChI=1S/C15H18ClNO2/c1-9-6-12(7-10(2)15(9)16)19-14(8-17)13-5-4-11(3)18-13/h4-7,14H,8,17H2,1-3H3. The van der Waals surface area contributed by atoms with Gasteiger partial charge in [0.05, 0.1) is 0 Å². The Balaban J connectivity index is 2.23. The lowest BCUT2D eigenvalue weighted by atomic mass is 10.1. The maximum Gasteiger partial charge on any atom is 0.168 e. The van der Waals surface area contributed by atoms with Crippen molar-refractivity contribution in [3.63, 3.8) is 0 Å². The molecule has 2 rings (SSSR count). The van der Waals surface area contributed by atoms with Crippen LogP contribution in [0.4, 0.5) is 0 Å². The number of benzene rings is 1. The van der Waals surface area contributed by atoms with Crippen LogP contribution in [0.25, 0.3) is 0 Å². The lowest BCUT2D eigenvalue weighted by Gasteiger charge is -2.17. The molecule has 102 valence electrons. The van der Waals surface area contributed by atoms with E-state index in [4.69, 9.17) is 26.5 Å². The van der Waals surface area contributed by atoms with Crippen LogP contribution in [0.1, 0.15) is 28.8 Å². The molecular weight excluding hydrogens is 262 g/mol. The van der Waals surface area contributed by atoms with Gasteiger partial charge in [-0.25, -0.2) is 0 Å². The molecule has 0 fully saturated rings. The highest BCUT2D eigenvalue weighted by Crippen LogP contribution is 2.29. The van der Waals surface area contributed by atoms with Gasteiger partial charge in [0.2, 0.25) is 0 Å². The van der Waals surface area contributed by atoms with Gasteiger partial charge in [-0.05, 0) is 56.2 Å². The van der Waals surface area contributed by atoms with E-state index in [0.29, 0.717) is 6.54 Å². The summed E-state index contributed by atoms with van der Waals surface area (Å²) in [5.41, 5.74) is 7.73. The zero-order chi connectivity index (χ0) is 14.0. The first-order valence-electron chi connectivity index (χ1n) is 6.21. The molecule has 0 saturated carbocycles. The largest absolute Gasteiger partial charge is 0.481 e. The van der Waals surface area contributed by atoms with Crippen molar-refractivity contribution >= 4 is 11.6 Å². The van der Waals surface area contributed by atoms with E-state index in [0.717, 1.165) is 33.4 Å². The molecule has 19 heavy (non-hydrogen) atoms. The molecule has 3 nitrogen and oxygen atoms in total. The van der Waals surface area contributed by atoms with Crippen molar-refractivity contribution in [2.75, 3.05) is 6.54 Å². The summed E-state index contributed by atoms with van der Waals surface area (Å²) in [6.07, 6.45) is -0.284. The summed E-state index contributed by atoms with van der Waals surface area (Å²) in [6, 6.07) is 7.61. The van der Waals surface area contributed by atoms with E-state index in [9.17, 15) is 0 Å². The Kier molecular flexibility index (Phi) is 4.17. The van der Waals surface area contributed by atoms with Crippen LogP contribution in [0, 0.1) is 20.8 Å². The van der Waals surface area contributed by atoms with E-state index in [-0.39, 0.29) is 6.10 Å². The third-order valence-corrected chi connectivity index (χ3v) is 3.58. The summed E-state index contributed by atoms with van der Waals surface area (Å²) < 4.78 is 11.5. The zero-order valence-electron chi connectivity index (χ0n) is 11.4. The molecule has 0 spiro atoms. The number of rotatable bonds is 4. The van der Waals surface area contributed by atoms with Crippen LogP contribution in [0.2, 0.25) is 5.02 Å². The van der Waals surface area contributed by atoms with Crippen molar-refractivity contribution < 1.29 is 9.15 Å². The van der Waals surface area contributed by atoms with Crippen molar-refractivity contribution in [1.29, 1.82) is 0 Å². The van der Waals surface area contributed by atoms with E-state index in [1.165, 1.54) is 0 Å². The zero-order valence-corrected chi connectivity index (χ0v) is 12.1. The predicted molar refractivity (Wildman–Crippen MR) is 76.8 cm³/mol. The average molecular weight is 280 g/mol. The van der Waals surface area contributed by atoms with Crippen molar-refractivity contribution in [3.8, 4) is 5.75 Å². The van der Waals surface area contributed by atoms with Crippen molar-refractivity contribution in [3.05, 3.63) is 51.9 Å². The summed E-state index contributed by atoms with van der Waals surface area (Å²) in [5, 5.41) is 0.769. The van der Waals surface area contributed by atoms with Crippen LogP contribution in [-0.4, -0.2) is 6.54 Å². The highest BCUT2D eigenvalue weighted by molar-refractivity contribution is 6.32. The molecule has 1 unspecified atom stereocenters. The third kappa shape index (κ3) is 3.11.